The second-order valence-corrected chi connectivity index (χ2v) is 6.74. The summed E-state index contributed by atoms with van der Waals surface area (Å²) in [6.45, 7) is 2.50. The third kappa shape index (κ3) is 3.31. The van der Waals surface area contributed by atoms with Gasteiger partial charge in [-0.15, -0.1) is 0 Å². The van der Waals surface area contributed by atoms with Crippen LogP contribution in [0.25, 0.3) is 0 Å². The van der Waals surface area contributed by atoms with Crippen LogP contribution in [-0.4, -0.2) is 20.1 Å². The lowest BCUT2D eigenvalue weighted by molar-refractivity contribution is 0.282. The van der Waals surface area contributed by atoms with Crippen molar-refractivity contribution in [3.63, 3.8) is 0 Å². The average Bonchev–Trinajstić information content (AvgIpc) is 3.20. The Kier molecular flexibility index (Phi) is 4.04. The molecule has 5 heteroatoms. The average molecular weight is 269 g/mol. The van der Waals surface area contributed by atoms with Crippen molar-refractivity contribution in [2.45, 2.75) is 31.3 Å². The van der Waals surface area contributed by atoms with E-state index in [1.807, 2.05) is 0 Å². The van der Waals surface area contributed by atoms with E-state index in [4.69, 9.17) is 5.11 Å². The van der Waals surface area contributed by atoms with Crippen LogP contribution in [0.1, 0.15) is 25.3 Å². The van der Waals surface area contributed by atoms with Gasteiger partial charge in [0.25, 0.3) is 0 Å². The zero-order valence-electron chi connectivity index (χ0n) is 10.5. The second-order valence-electron chi connectivity index (χ2n) is 4.97. The van der Waals surface area contributed by atoms with Crippen LogP contribution in [0.4, 0.5) is 0 Å². The van der Waals surface area contributed by atoms with Gasteiger partial charge in [0, 0.05) is 6.54 Å². The van der Waals surface area contributed by atoms with Crippen molar-refractivity contribution in [3.05, 3.63) is 29.8 Å². The number of nitrogens with one attached hydrogen (secondary N) is 1. The van der Waals surface area contributed by atoms with Gasteiger partial charge in [0.15, 0.2) is 0 Å². The third-order valence-electron chi connectivity index (χ3n) is 3.44. The number of hydrogen-bond acceptors (Lipinski definition) is 3. The van der Waals surface area contributed by atoms with Crippen molar-refractivity contribution in [1.29, 1.82) is 0 Å². The predicted molar refractivity (Wildman–Crippen MR) is 69.4 cm³/mol. The normalized spacial score (nSPS) is 17.7. The molecule has 0 saturated heterocycles. The molecule has 1 unspecified atom stereocenters. The summed E-state index contributed by atoms with van der Waals surface area (Å²) in [5, 5.41) is 8.91. The monoisotopic (exact) mass is 269 g/mol. The molecule has 0 bridgehead atoms. The van der Waals surface area contributed by atoms with Gasteiger partial charge in [-0.2, -0.15) is 0 Å². The van der Waals surface area contributed by atoms with Crippen molar-refractivity contribution in [2.75, 3.05) is 6.54 Å². The second kappa shape index (κ2) is 5.38. The molecule has 1 aliphatic rings. The van der Waals surface area contributed by atoms with E-state index < -0.39 is 10.0 Å². The van der Waals surface area contributed by atoms with Gasteiger partial charge in [-0.25, -0.2) is 13.1 Å². The maximum absolute atomic E-state index is 12.0. The summed E-state index contributed by atoms with van der Waals surface area (Å²) in [5.41, 5.74) is 0.709. The van der Waals surface area contributed by atoms with Crippen LogP contribution in [0.3, 0.4) is 0 Å². The smallest absolute Gasteiger partial charge is 0.240 e. The van der Waals surface area contributed by atoms with Gasteiger partial charge in [0.2, 0.25) is 10.0 Å². The zero-order valence-corrected chi connectivity index (χ0v) is 11.3. The topological polar surface area (TPSA) is 66.4 Å². The minimum atomic E-state index is -3.42. The molecule has 1 fully saturated rings. The molecule has 1 saturated carbocycles. The van der Waals surface area contributed by atoms with Crippen molar-refractivity contribution in [1.82, 2.24) is 4.72 Å². The molecule has 2 N–H and O–H groups in total. The fourth-order valence-corrected chi connectivity index (χ4v) is 3.07. The molecule has 0 amide bonds. The van der Waals surface area contributed by atoms with Gasteiger partial charge in [-0.1, -0.05) is 19.1 Å². The van der Waals surface area contributed by atoms with Gasteiger partial charge >= 0.3 is 0 Å². The minimum Gasteiger partial charge on any atom is -0.392 e. The first-order valence-electron chi connectivity index (χ1n) is 6.22. The Labute approximate surface area is 108 Å². The quantitative estimate of drug-likeness (QED) is 0.822. The highest BCUT2D eigenvalue weighted by Gasteiger charge is 2.28. The van der Waals surface area contributed by atoms with E-state index >= 15 is 0 Å². The van der Waals surface area contributed by atoms with Gasteiger partial charge in [0.1, 0.15) is 0 Å². The molecule has 0 heterocycles. The number of rotatable bonds is 6. The highest BCUT2D eigenvalue weighted by atomic mass is 32.2. The molecule has 4 nitrogen and oxygen atoms in total. The number of sulfonamides is 1. The maximum atomic E-state index is 12.0. The number of hydrogen-bond donors (Lipinski definition) is 2. The van der Waals surface area contributed by atoms with Crippen molar-refractivity contribution in [3.8, 4) is 0 Å². The zero-order chi connectivity index (χ0) is 13.2. The molecule has 1 aliphatic carbocycles. The third-order valence-corrected chi connectivity index (χ3v) is 4.88. The van der Waals surface area contributed by atoms with Crippen molar-refractivity contribution >= 4 is 10.0 Å². The molecule has 1 atom stereocenters. The van der Waals surface area contributed by atoms with E-state index in [1.165, 1.54) is 25.0 Å². The number of benzene rings is 1. The first-order valence-corrected chi connectivity index (χ1v) is 7.70. The number of aliphatic hydroxyl groups is 1. The van der Waals surface area contributed by atoms with Crippen LogP contribution in [0.2, 0.25) is 0 Å². The maximum Gasteiger partial charge on any atom is 0.240 e. The lowest BCUT2D eigenvalue weighted by Crippen LogP contribution is -2.29. The van der Waals surface area contributed by atoms with Crippen LogP contribution in [0.15, 0.2) is 29.2 Å². The summed E-state index contributed by atoms with van der Waals surface area (Å²) in [5.74, 6) is 1.08. The first-order chi connectivity index (χ1) is 8.53. The van der Waals surface area contributed by atoms with Gasteiger partial charge in [0.05, 0.1) is 11.5 Å². The molecule has 0 aliphatic heterocycles. The Balaban J connectivity index is 1.99. The Hall–Kier alpha value is -0.910. The highest BCUT2D eigenvalue weighted by Crippen LogP contribution is 2.36. The van der Waals surface area contributed by atoms with E-state index in [0.29, 0.717) is 23.9 Å². The summed E-state index contributed by atoms with van der Waals surface area (Å²) in [4.78, 5) is 0.252. The molecular weight excluding hydrogens is 250 g/mol. The molecule has 100 valence electrons. The minimum absolute atomic E-state index is 0.0769. The summed E-state index contributed by atoms with van der Waals surface area (Å²) in [7, 11) is -3.42. The van der Waals surface area contributed by atoms with Gasteiger partial charge < -0.3 is 5.11 Å². The van der Waals surface area contributed by atoms with Crippen LogP contribution in [0.5, 0.6) is 0 Å². The molecular formula is C13H19NO3S. The highest BCUT2D eigenvalue weighted by molar-refractivity contribution is 7.89. The van der Waals surface area contributed by atoms with E-state index in [-0.39, 0.29) is 11.5 Å². The van der Waals surface area contributed by atoms with Gasteiger partial charge in [-0.3, -0.25) is 0 Å². The summed E-state index contributed by atoms with van der Waals surface area (Å²) in [6, 6.07) is 6.29. The molecule has 0 aromatic heterocycles. The van der Waals surface area contributed by atoms with E-state index in [2.05, 4.69) is 11.6 Å². The Morgan fingerprint density at radius 1 is 1.33 bits per heavy atom. The molecule has 0 spiro atoms. The Morgan fingerprint density at radius 2 is 1.94 bits per heavy atom. The Morgan fingerprint density at radius 3 is 2.44 bits per heavy atom. The lowest BCUT2D eigenvalue weighted by atomic mass is 10.1. The van der Waals surface area contributed by atoms with Crippen LogP contribution in [-0.2, 0) is 16.6 Å². The van der Waals surface area contributed by atoms with Crippen LogP contribution >= 0.6 is 0 Å². The fraction of sp³-hybridized carbons (Fsp3) is 0.538. The summed E-state index contributed by atoms with van der Waals surface area (Å²) >= 11 is 0. The summed E-state index contributed by atoms with van der Waals surface area (Å²) < 4.78 is 26.7. The molecule has 0 radical (unpaired) electrons. The number of aliphatic hydroxyl groups excluding tert-OH is 1. The van der Waals surface area contributed by atoms with Crippen molar-refractivity contribution in [2.24, 2.45) is 11.8 Å². The first kappa shape index (κ1) is 13.5. The van der Waals surface area contributed by atoms with E-state index in [0.717, 1.165) is 0 Å². The fourth-order valence-electron chi connectivity index (χ4n) is 1.93. The Bertz CT molecular complexity index is 491. The standard InChI is InChI=1S/C13H19NO3S/c1-10(12-4-5-12)8-14-18(16,17)13-6-2-11(9-15)3-7-13/h2-3,6-7,10,12,14-15H,4-5,8-9H2,1H3. The molecule has 1 aromatic carbocycles. The largest absolute Gasteiger partial charge is 0.392 e. The SMILES string of the molecule is CC(CNS(=O)(=O)c1ccc(CO)cc1)C1CC1. The predicted octanol–water partition coefficient (Wildman–Crippen LogP) is 1.50. The van der Waals surface area contributed by atoms with E-state index in [9.17, 15) is 8.42 Å². The van der Waals surface area contributed by atoms with Gasteiger partial charge in [-0.05, 0) is 42.4 Å². The molecule has 1 aromatic rings. The van der Waals surface area contributed by atoms with Crippen LogP contribution in [0, 0.1) is 11.8 Å². The lowest BCUT2D eigenvalue weighted by Gasteiger charge is -2.12. The van der Waals surface area contributed by atoms with Crippen molar-refractivity contribution < 1.29 is 13.5 Å². The molecule has 2 rings (SSSR count). The van der Waals surface area contributed by atoms with Crippen LogP contribution < -0.4 is 4.72 Å². The summed E-state index contributed by atoms with van der Waals surface area (Å²) in [6.07, 6.45) is 2.43. The van der Waals surface area contributed by atoms with E-state index in [1.54, 1.807) is 12.1 Å². The molecule has 18 heavy (non-hydrogen) atoms.